The fraction of sp³-hybridized carbons (Fsp3) is 0.536. The minimum absolute atomic E-state index is 0.0609. The van der Waals surface area contributed by atoms with Crippen LogP contribution in [0.15, 0.2) is 24.3 Å². The zero-order chi connectivity index (χ0) is 26.6. The van der Waals surface area contributed by atoms with E-state index in [9.17, 15) is 19.1 Å². The molecule has 0 aliphatic carbocycles. The fourth-order valence-corrected chi connectivity index (χ4v) is 4.48. The van der Waals surface area contributed by atoms with Crippen molar-refractivity contribution >= 4 is 11.7 Å². The van der Waals surface area contributed by atoms with Gasteiger partial charge in [0.15, 0.2) is 5.78 Å². The summed E-state index contributed by atoms with van der Waals surface area (Å²) in [5, 5.41) is 12.9. The minimum atomic E-state index is -0.773. The molecule has 3 heterocycles. The molecule has 0 saturated carbocycles. The molecule has 2 aromatic rings. The first-order chi connectivity index (χ1) is 17.6. The van der Waals surface area contributed by atoms with Gasteiger partial charge in [0.1, 0.15) is 17.3 Å². The van der Waals surface area contributed by atoms with Gasteiger partial charge in [0.05, 0.1) is 42.2 Å². The number of rotatable bonds is 9. The van der Waals surface area contributed by atoms with Gasteiger partial charge in [-0.05, 0) is 57.4 Å². The first-order valence-electron chi connectivity index (χ1n) is 12.8. The van der Waals surface area contributed by atoms with E-state index in [2.05, 4.69) is 10.3 Å². The first kappa shape index (κ1) is 27.2. The Morgan fingerprint density at radius 2 is 2.05 bits per heavy atom. The van der Waals surface area contributed by atoms with Crippen LogP contribution >= 0.6 is 0 Å². The number of ether oxygens (including phenoxy) is 3. The molecule has 1 aromatic carbocycles. The van der Waals surface area contributed by atoms with Crippen LogP contribution in [0.4, 0.5) is 4.39 Å². The summed E-state index contributed by atoms with van der Waals surface area (Å²) in [6.07, 6.45) is 1.36. The highest BCUT2D eigenvalue weighted by molar-refractivity contribution is 5.96. The summed E-state index contributed by atoms with van der Waals surface area (Å²) in [6, 6.07) is 5.84. The Bertz CT molecular complexity index is 1150. The van der Waals surface area contributed by atoms with Crippen LogP contribution in [-0.2, 0) is 22.3 Å². The third-order valence-electron chi connectivity index (χ3n) is 6.39. The van der Waals surface area contributed by atoms with Gasteiger partial charge in [0.25, 0.3) is 5.91 Å². The van der Waals surface area contributed by atoms with Crippen LogP contribution in [0.3, 0.4) is 0 Å². The summed E-state index contributed by atoms with van der Waals surface area (Å²) in [6.45, 7) is 7.38. The van der Waals surface area contributed by atoms with Gasteiger partial charge in [-0.2, -0.15) is 0 Å². The third-order valence-corrected chi connectivity index (χ3v) is 6.39. The molecule has 1 fully saturated rings. The molecule has 0 bridgehead atoms. The molecule has 9 heteroatoms. The van der Waals surface area contributed by atoms with Crippen molar-refractivity contribution in [2.45, 2.75) is 70.6 Å². The second kappa shape index (κ2) is 11.7. The van der Waals surface area contributed by atoms with Gasteiger partial charge < -0.3 is 24.6 Å². The van der Waals surface area contributed by atoms with Crippen molar-refractivity contribution in [3.8, 4) is 5.75 Å². The van der Waals surface area contributed by atoms with Gasteiger partial charge in [-0.25, -0.2) is 9.37 Å². The lowest BCUT2D eigenvalue weighted by Gasteiger charge is -2.28. The molecule has 1 aromatic heterocycles. The number of nitrogens with one attached hydrogen (secondary N) is 1. The van der Waals surface area contributed by atoms with E-state index in [0.717, 1.165) is 5.56 Å². The molecule has 8 nitrogen and oxygen atoms in total. The second-order valence-corrected chi connectivity index (χ2v) is 10.5. The van der Waals surface area contributed by atoms with E-state index in [4.69, 9.17) is 14.2 Å². The number of aliphatic hydroxyl groups excluding tert-OH is 1. The lowest BCUT2D eigenvalue weighted by molar-refractivity contribution is -0.0261. The highest BCUT2D eigenvalue weighted by Crippen LogP contribution is 2.31. The van der Waals surface area contributed by atoms with E-state index in [1.807, 2.05) is 20.8 Å². The molecule has 1 amide bonds. The highest BCUT2D eigenvalue weighted by Gasteiger charge is 2.28. The smallest absolute Gasteiger partial charge is 0.270 e. The summed E-state index contributed by atoms with van der Waals surface area (Å²) < 4.78 is 31.5. The Balaban J connectivity index is 1.45. The van der Waals surface area contributed by atoms with Gasteiger partial charge >= 0.3 is 0 Å². The molecule has 0 spiro atoms. The Morgan fingerprint density at radius 3 is 2.78 bits per heavy atom. The number of halogens is 1. The van der Waals surface area contributed by atoms with Gasteiger partial charge in [0.2, 0.25) is 0 Å². The number of hydrogen-bond acceptors (Lipinski definition) is 7. The Hall–Kier alpha value is -2.88. The van der Waals surface area contributed by atoms with E-state index < -0.39 is 18.0 Å². The number of carbonyl (C=O) groups is 2. The Labute approximate surface area is 216 Å². The number of ketones is 1. The average molecular weight is 515 g/mol. The fourth-order valence-electron chi connectivity index (χ4n) is 4.48. The SMILES string of the molecule is CC(C)(C)OCCCC(=O)c1ccc(Cc2cc(C(=O)N[C@H]3CCOC[C@@H]3O)nc3c2OCC3)cc1F. The Morgan fingerprint density at radius 1 is 1.24 bits per heavy atom. The van der Waals surface area contributed by atoms with Crippen LogP contribution in [0.2, 0.25) is 0 Å². The molecule has 2 N–H and O–H groups in total. The van der Waals surface area contributed by atoms with Gasteiger partial charge in [0, 0.05) is 38.0 Å². The topological polar surface area (TPSA) is 107 Å². The number of carbonyl (C=O) groups excluding carboxylic acids is 2. The largest absolute Gasteiger partial charge is 0.491 e. The zero-order valence-electron chi connectivity index (χ0n) is 21.6. The number of nitrogens with zero attached hydrogens (tertiary/aromatic N) is 1. The maximum atomic E-state index is 14.9. The highest BCUT2D eigenvalue weighted by atomic mass is 19.1. The summed E-state index contributed by atoms with van der Waals surface area (Å²) in [5.74, 6) is -0.604. The molecule has 2 aliphatic rings. The third kappa shape index (κ3) is 7.12. The average Bonchev–Trinajstić information content (AvgIpc) is 3.32. The second-order valence-electron chi connectivity index (χ2n) is 10.5. The molecule has 2 atom stereocenters. The molecule has 200 valence electrons. The van der Waals surface area contributed by atoms with Gasteiger partial charge in [-0.1, -0.05) is 6.07 Å². The predicted octanol–water partition coefficient (Wildman–Crippen LogP) is 3.40. The van der Waals surface area contributed by atoms with Crippen LogP contribution in [0.1, 0.15) is 77.7 Å². The number of pyridine rings is 1. The van der Waals surface area contributed by atoms with Crippen molar-refractivity contribution in [3.05, 3.63) is 58.2 Å². The quantitative estimate of drug-likeness (QED) is 0.390. The molecule has 4 rings (SSSR count). The van der Waals surface area contributed by atoms with Crippen LogP contribution in [0, 0.1) is 5.82 Å². The van der Waals surface area contributed by atoms with Crippen molar-refractivity contribution in [1.82, 2.24) is 10.3 Å². The minimum Gasteiger partial charge on any atom is -0.491 e. The van der Waals surface area contributed by atoms with Crippen molar-refractivity contribution in [2.75, 3.05) is 26.4 Å². The summed E-state index contributed by atoms with van der Waals surface area (Å²) in [5.41, 5.74) is 2.06. The molecule has 0 radical (unpaired) electrons. The molecule has 1 saturated heterocycles. The lowest BCUT2D eigenvalue weighted by atomic mass is 9.99. The Kier molecular flexibility index (Phi) is 8.56. The molecular formula is C28H35FN2O6. The zero-order valence-corrected chi connectivity index (χ0v) is 21.6. The molecule has 37 heavy (non-hydrogen) atoms. The molecular weight excluding hydrogens is 479 g/mol. The van der Waals surface area contributed by atoms with E-state index in [-0.39, 0.29) is 41.6 Å². The van der Waals surface area contributed by atoms with Gasteiger partial charge in [-0.3, -0.25) is 9.59 Å². The monoisotopic (exact) mass is 514 g/mol. The van der Waals surface area contributed by atoms with Crippen molar-refractivity contribution in [2.24, 2.45) is 0 Å². The number of Topliss-reactive ketones (excluding diaryl/α,β-unsaturated/α-hetero) is 1. The van der Waals surface area contributed by atoms with Crippen molar-refractivity contribution in [3.63, 3.8) is 0 Å². The van der Waals surface area contributed by atoms with Gasteiger partial charge in [-0.15, -0.1) is 0 Å². The number of amides is 1. The summed E-state index contributed by atoms with van der Waals surface area (Å²) in [7, 11) is 0. The van der Waals surface area contributed by atoms with Crippen LogP contribution in [0.5, 0.6) is 5.75 Å². The molecule has 0 unspecified atom stereocenters. The normalized spacial score (nSPS) is 19.3. The lowest BCUT2D eigenvalue weighted by Crippen LogP contribution is -2.48. The van der Waals surface area contributed by atoms with Crippen LogP contribution < -0.4 is 10.1 Å². The van der Waals surface area contributed by atoms with Crippen LogP contribution in [0.25, 0.3) is 0 Å². The number of aliphatic hydroxyl groups is 1. The standard InChI is InChI=1S/C28H35FN2O6/c1-28(2,3)37-10-4-5-24(32)19-7-6-17(14-20(19)29)13-18-15-23(30-22-9-12-36-26(18)22)27(34)31-21-8-11-35-16-25(21)33/h6-7,14-15,21,25,33H,4-5,8-13,16H2,1-3H3,(H,31,34)/t21-,25-/m0/s1. The van der Waals surface area contributed by atoms with E-state index in [0.29, 0.717) is 62.5 Å². The predicted molar refractivity (Wildman–Crippen MR) is 135 cm³/mol. The first-order valence-corrected chi connectivity index (χ1v) is 12.8. The maximum Gasteiger partial charge on any atom is 0.270 e. The van der Waals surface area contributed by atoms with E-state index in [1.54, 1.807) is 12.1 Å². The number of hydrogen-bond donors (Lipinski definition) is 2. The van der Waals surface area contributed by atoms with E-state index >= 15 is 0 Å². The maximum absolute atomic E-state index is 14.9. The van der Waals surface area contributed by atoms with E-state index in [1.165, 1.54) is 12.1 Å². The van der Waals surface area contributed by atoms with Crippen LogP contribution in [-0.4, -0.2) is 66.0 Å². The number of aromatic nitrogens is 1. The van der Waals surface area contributed by atoms with Crippen molar-refractivity contribution < 1.29 is 33.3 Å². The van der Waals surface area contributed by atoms with Crippen molar-refractivity contribution in [1.29, 1.82) is 0 Å². The number of benzene rings is 1. The number of fused-ring (bicyclic) bond motifs is 1. The summed E-state index contributed by atoms with van der Waals surface area (Å²) in [4.78, 5) is 29.9. The molecule has 2 aliphatic heterocycles. The summed E-state index contributed by atoms with van der Waals surface area (Å²) >= 11 is 0.